The number of pyridine rings is 1. The van der Waals surface area contributed by atoms with Crippen LogP contribution in [0.15, 0.2) is 18.5 Å². The molecule has 1 unspecified atom stereocenters. The normalized spacial score (nSPS) is 19.5. The summed E-state index contributed by atoms with van der Waals surface area (Å²) in [4.78, 5) is 3.88. The van der Waals surface area contributed by atoms with E-state index in [1.165, 1.54) is 31.9 Å². The molecular weight excluding hydrogens is 239 g/mol. The van der Waals surface area contributed by atoms with Crippen LogP contribution >= 0.6 is 0 Å². The van der Waals surface area contributed by atoms with Crippen molar-refractivity contribution < 1.29 is 4.39 Å². The van der Waals surface area contributed by atoms with Crippen molar-refractivity contribution in [1.29, 1.82) is 0 Å². The van der Waals surface area contributed by atoms with E-state index in [1.807, 2.05) is 6.07 Å². The standard InChI is InChI=1S/C16H25FN2/c1-3-10-19-15(13-7-11-18-12-14(13)17)16(4-2)8-5-6-9-16/h7,11-12,15,19H,3-6,8-10H2,1-2H3. The van der Waals surface area contributed by atoms with Crippen molar-refractivity contribution >= 4 is 0 Å². The third-order valence-corrected chi connectivity index (χ3v) is 4.63. The van der Waals surface area contributed by atoms with E-state index in [9.17, 15) is 4.39 Å². The summed E-state index contributed by atoms with van der Waals surface area (Å²) in [5.41, 5.74) is 1.02. The van der Waals surface area contributed by atoms with Crippen LogP contribution in [0.4, 0.5) is 4.39 Å². The number of halogens is 1. The Kier molecular flexibility index (Phi) is 4.92. The van der Waals surface area contributed by atoms with Crippen molar-refractivity contribution in [2.24, 2.45) is 5.41 Å². The highest BCUT2D eigenvalue weighted by Crippen LogP contribution is 2.50. The summed E-state index contributed by atoms with van der Waals surface area (Å²) in [6.45, 7) is 5.33. The van der Waals surface area contributed by atoms with E-state index in [0.717, 1.165) is 24.9 Å². The molecule has 3 heteroatoms. The van der Waals surface area contributed by atoms with Crippen molar-refractivity contribution in [2.75, 3.05) is 6.54 Å². The number of hydrogen-bond donors (Lipinski definition) is 1. The van der Waals surface area contributed by atoms with Crippen molar-refractivity contribution in [1.82, 2.24) is 10.3 Å². The lowest BCUT2D eigenvalue weighted by Crippen LogP contribution is -2.37. The second kappa shape index (κ2) is 6.47. The molecule has 1 aromatic rings. The maximum atomic E-state index is 14.1. The minimum absolute atomic E-state index is 0.128. The van der Waals surface area contributed by atoms with E-state index >= 15 is 0 Å². The van der Waals surface area contributed by atoms with Crippen LogP contribution in [0.5, 0.6) is 0 Å². The fourth-order valence-corrected chi connectivity index (χ4v) is 3.49. The highest BCUT2D eigenvalue weighted by atomic mass is 19.1. The zero-order valence-electron chi connectivity index (χ0n) is 12.1. The molecule has 0 aromatic carbocycles. The van der Waals surface area contributed by atoms with Gasteiger partial charge in [-0.1, -0.05) is 26.7 Å². The zero-order chi connectivity index (χ0) is 13.7. The zero-order valence-corrected chi connectivity index (χ0v) is 12.1. The van der Waals surface area contributed by atoms with Crippen LogP contribution in [0.1, 0.15) is 64.0 Å². The molecule has 1 fully saturated rings. The first-order valence-electron chi connectivity index (χ1n) is 7.56. The third-order valence-electron chi connectivity index (χ3n) is 4.63. The quantitative estimate of drug-likeness (QED) is 0.831. The summed E-state index contributed by atoms with van der Waals surface area (Å²) in [5, 5.41) is 3.59. The number of aromatic nitrogens is 1. The number of nitrogens with one attached hydrogen (secondary N) is 1. The monoisotopic (exact) mass is 264 g/mol. The summed E-state index contributed by atoms with van der Waals surface area (Å²) in [6.07, 6.45) is 10.2. The predicted octanol–water partition coefficient (Wildman–Crippen LogP) is 4.23. The molecule has 106 valence electrons. The summed E-state index contributed by atoms with van der Waals surface area (Å²) in [6, 6.07) is 1.97. The molecule has 2 rings (SSSR count). The van der Waals surface area contributed by atoms with Gasteiger partial charge in [-0.3, -0.25) is 4.98 Å². The molecule has 1 N–H and O–H groups in total. The van der Waals surface area contributed by atoms with E-state index in [-0.39, 0.29) is 17.3 Å². The largest absolute Gasteiger partial charge is 0.309 e. The van der Waals surface area contributed by atoms with E-state index in [1.54, 1.807) is 6.20 Å². The van der Waals surface area contributed by atoms with Crippen molar-refractivity contribution in [2.45, 2.75) is 58.4 Å². The molecule has 1 aromatic heterocycles. The molecule has 2 nitrogen and oxygen atoms in total. The van der Waals surface area contributed by atoms with Gasteiger partial charge in [0, 0.05) is 17.8 Å². The minimum Gasteiger partial charge on any atom is -0.309 e. The molecule has 0 amide bonds. The summed E-state index contributed by atoms with van der Waals surface area (Å²) >= 11 is 0. The van der Waals surface area contributed by atoms with E-state index in [2.05, 4.69) is 24.1 Å². The average Bonchev–Trinajstić information content (AvgIpc) is 2.91. The summed E-state index contributed by atoms with van der Waals surface area (Å²) in [7, 11) is 0. The number of rotatable bonds is 6. The van der Waals surface area contributed by atoms with Gasteiger partial charge in [-0.05, 0) is 43.7 Å². The fraction of sp³-hybridized carbons (Fsp3) is 0.688. The van der Waals surface area contributed by atoms with Crippen LogP contribution in [0.25, 0.3) is 0 Å². The second-order valence-electron chi connectivity index (χ2n) is 5.71. The average molecular weight is 264 g/mol. The lowest BCUT2D eigenvalue weighted by Gasteiger charge is -2.38. The highest BCUT2D eigenvalue weighted by Gasteiger charge is 2.41. The molecule has 1 saturated carbocycles. The smallest absolute Gasteiger partial charge is 0.146 e. The molecule has 1 heterocycles. The van der Waals surface area contributed by atoms with Gasteiger partial charge in [-0.25, -0.2) is 4.39 Å². The SMILES string of the molecule is CCCNC(c1ccncc1F)C1(CC)CCCC1. The number of hydrogen-bond acceptors (Lipinski definition) is 2. The summed E-state index contributed by atoms with van der Waals surface area (Å²) < 4.78 is 14.1. The molecule has 0 aliphatic heterocycles. The first-order valence-corrected chi connectivity index (χ1v) is 7.56. The Labute approximate surface area is 115 Å². The second-order valence-corrected chi connectivity index (χ2v) is 5.71. The molecule has 1 atom stereocenters. The molecule has 1 aliphatic rings. The van der Waals surface area contributed by atoms with Crippen LogP contribution in [-0.2, 0) is 0 Å². The van der Waals surface area contributed by atoms with Crippen LogP contribution in [-0.4, -0.2) is 11.5 Å². The van der Waals surface area contributed by atoms with Crippen molar-refractivity contribution in [3.05, 3.63) is 29.8 Å². The Morgan fingerprint density at radius 3 is 2.68 bits per heavy atom. The van der Waals surface area contributed by atoms with Crippen LogP contribution < -0.4 is 5.32 Å². The lowest BCUT2D eigenvalue weighted by molar-refractivity contribution is 0.183. The minimum atomic E-state index is -0.171. The molecule has 0 radical (unpaired) electrons. The maximum Gasteiger partial charge on any atom is 0.146 e. The van der Waals surface area contributed by atoms with Crippen LogP contribution in [0, 0.1) is 11.2 Å². The lowest BCUT2D eigenvalue weighted by atomic mass is 9.73. The van der Waals surface area contributed by atoms with Crippen molar-refractivity contribution in [3.63, 3.8) is 0 Å². The Balaban J connectivity index is 2.32. The van der Waals surface area contributed by atoms with Crippen molar-refractivity contribution in [3.8, 4) is 0 Å². The number of nitrogens with zero attached hydrogens (tertiary/aromatic N) is 1. The summed E-state index contributed by atoms with van der Waals surface area (Å²) in [5.74, 6) is -0.171. The Bertz CT molecular complexity index is 399. The van der Waals surface area contributed by atoms with Gasteiger partial charge in [0.2, 0.25) is 0 Å². The Morgan fingerprint density at radius 2 is 2.11 bits per heavy atom. The van der Waals surface area contributed by atoms with Crippen LogP contribution in [0.3, 0.4) is 0 Å². The molecule has 19 heavy (non-hydrogen) atoms. The molecule has 0 saturated heterocycles. The van der Waals surface area contributed by atoms with Gasteiger partial charge >= 0.3 is 0 Å². The first kappa shape index (κ1) is 14.4. The molecule has 1 aliphatic carbocycles. The molecule has 0 bridgehead atoms. The van der Waals surface area contributed by atoms with E-state index < -0.39 is 0 Å². The Hall–Kier alpha value is -0.960. The van der Waals surface area contributed by atoms with Gasteiger partial charge < -0.3 is 5.32 Å². The van der Waals surface area contributed by atoms with Gasteiger partial charge in [-0.15, -0.1) is 0 Å². The van der Waals surface area contributed by atoms with E-state index in [4.69, 9.17) is 0 Å². The Morgan fingerprint density at radius 1 is 1.37 bits per heavy atom. The van der Waals surface area contributed by atoms with Gasteiger partial charge in [0.05, 0.1) is 6.20 Å². The molecule has 0 spiro atoms. The first-order chi connectivity index (χ1) is 9.23. The fourth-order valence-electron chi connectivity index (χ4n) is 3.49. The van der Waals surface area contributed by atoms with Gasteiger partial charge in [0.1, 0.15) is 5.82 Å². The van der Waals surface area contributed by atoms with Gasteiger partial charge in [0.25, 0.3) is 0 Å². The third kappa shape index (κ3) is 2.97. The van der Waals surface area contributed by atoms with Crippen LogP contribution in [0.2, 0.25) is 0 Å². The van der Waals surface area contributed by atoms with Gasteiger partial charge in [0.15, 0.2) is 0 Å². The highest BCUT2D eigenvalue weighted by molar-refractivity contribution is 5.21. The van der Waals surface area contributed by atoms with E-state index in [0.29, 0.717) is 0 Å². The maximum absolute atomic E-state index is 14.1. The predicted molar refractivity (Wildman–Crippen MR) is 76.4 cm³/mol. The molecular formula is C16H25FN2. The van der Waals surface area contributed by atoms with Gasteiger partial charge in [-0.2, -0.15) is 0 Å². The topological polar surface area (TPSA) is 24.9 Å².